The summed E-state index contributed by atoms with van der Waals surface area (Å²) in [5, 5.41) is 0.840. The maximum Gasteiger partial charge on any atom is 0.331 e. The minimum Gasteiger partial charge on any atom is -0.451 e. The number of aryl methyl sites for hydroxylation is 1. The molecule has 126 valence electrons. The van der Waals surface area contributed by atoms with Gasteiger partial charge in [-0.05, 0) is 31.6 Å². The van der Waals surface area contributed by atoms with E-state index >= 15 is 0 Å². The summed E-state index contributed by atoms with van der Waals surface area (Å²) in [6.07, 6.45) is 2.14. The molecule has 0 fully saturated rings. The highest BCUT2D eigenvalue weighted by Crippen LogP contribution is 2.23. The molecule has 0 spiro atoms. The van der Waals surface area contributed by atoms with Gasteiger partial charge in [0.2, 0.25) is 5.78 Å². The molecule has 0 saturated carbocycles. The van der Waals surface area contributed by atoms with Crippen LogP contribution in [-0.2, 0) is 9.53 Å². The molecule has 3 aromatic rings. The zero-order chi connectivity index (χ0) is 17.8. The van der Waals surface area contributed by atoms with E-state index in [2.05, 4.69) is 4.98 Å². The maximum absolute atomic E-state index is 12.7. The molecule has 1 N–H and O–H groups in total. The normalized spacial score (nSPS) is 12.4. The van der Waals surface area contributed by atoms with E-state index in [9.17, 15) is 9.59 Å². The van der Waals surface area contributed by atoms with Crippen LogP contribution in [0.5, 0.6) is 0 Å². The standard InChI is InChI=1S/C21H19NO3/c1-14-20(17-10-6-7-11-18(17)22-14)21(24)15(2)25-19(23)13-12-16-8-4-3-5-9-16/h3-13,15,22H,1-2H3/b13-12+. The summed E-state index contributed by atoms with van der Waals surface area (Å²) < 4.78 is 5.27. The van der Waals surface area contributed by atoms with E-state index in [0.717, 1.165) is 22.2 Å². The van der Waals surface area contributed by atoms with Crippen LogP contribution in [-0.4, -0.2) is 22.8 Å². The minimum absolute atomic E-state index is 0.212. The fourth-order valence-corrected chi connectivity index (χ4v) is 2.79. The first kappa shape index (κ1) is 16.7. The van der Waals surface area contributed by atoms with Crippen LogP contribution < -0.4 is 0 Å². The number of para-hydroxylation sites is 1. The van der Waals surface area contributed by atoms with Gasteiger partial charge in [-0.2, -0.15) is 0 Å². The van der Waals surface area contributed by atoms with Crippen LogP contribution in [0.15, 0.2) is 60.7 Å². The van der Waals surface area contributed by atoms with Crippen LogP contribution in [0.4, 0.5) is 0 Å². The number of H-pyrrole nitrogens is 1. The van der Waals surface area contributed by atoms with Crippen LogP contribution in [0.1, 0.15) is 28.5 Å². The molecule has 0 aliphatic heterocycles. The fraction of sp³-hybridized carbons (Fsp3) is 0.143. The van der Waals surface area contributed by atoms with Gasteiger partial charge in [0, 0.05) is 28.2 Å². The number of esters is 1. The topological polar surface area (TPSA) is 59.2 Å². The van der Waals surface area contributed by atoms with Gasteiger partial charge < -0.3 is 9.72 Å². The summed E-state index contributed by atoms with van der Waals surface area (Å²) in [7, 11) is 0. The number of rotatable bonds is 5. The molecular weight excluding hydrogens is 314 g/mol. The van der Waals surface area contributed by atoms with Crippen molar-refractivity contribution in [3.8, 4) is 0 Å². The molecule has 0 aliphatic carbocycles. The van der Waals surface area contributed by atoms with E-state index in [1.54, 1.807) is 13.0 Å². The van der Waals surface area contributed by atoms with Gasteiger partial charge in [-0.3, -0.25) is 4.79 Å². The molecule has 1 unspecified atom stereocenters. The van der Waals surface area contributed by atoms with Crippen molar-refractivity contribution in [3.05, 3.63) is 77.5 Å². The molecule has 1 heterocycles. The molecule has 4 nitrogen and oxygen atoms in total. The molecule has 0 aliphatic rings. The van der Waals surface area contributed by atoms with Gasteiger partial charge in [0.05, 0.1) is 0 Å². The number of Topliss-reactive ketones (excluding diaryl/α,β-unsaturated/α-hetero) is 1. The van der Waals surface area contributed by atoms with Crippen LogP contribution in [0, 0.1) is 6.92 Å². The van der Waals surface area contributed by atoms with Crippen molar-refractivity contribution in [2.24, 2.45) is 0 Å². The van der Waals surface area contributed by atoms with Crippen LogP contribution in [0.2, 0.25) is 0 Å². The summed E-state index contributed by atoms with van der Waals surface area (Å²) in [6, 6.07) is 17.0. The van der Waals surface area contributed by atoms with Crippen molar-refractivity contribution in [2.45, 2.75) is 20.0 Å². The van der Waals surface area contributed by atoms with Crippen LogP contribution in [0.3, 0.4) is 0 Å². The Labute approximate surface area is 146 Å². The third-order valence-corrected chi connectivity index (χ3v) is 4.01. The lowest BCUT2D eigenvalue weighted by molar-refractivity contribution is -0.140. The molecule has 1 atom stereocenters. The Morgan fingerprint density at radius 2 is 1.72 bits per heavy atom. The number of benzene rings is 2. The van der Waals surface area contributed by atoms with Crippen LogP contribution in [0.25, 0.3) is 17.0 Å². The molecule has 0 amide bonds. The van der Waals surface area contributed by atoms with E-state index in [-0.39, 0.29) is 5.78 Å². The number of aromatic nitrogens is 1. The molecule has 2 aromatic carbocycles. The highest BCUT2D eigenvalue weighted by molar-refractivity contribution is 6.11. The SMILES string of the molecule is Cc1[nH]c2ccccc2c1C(=O)C(C)OC(=O)/C=C/c1ccccc1. The van der Waals surface area contributed by atoms with Crippen molar-refractivity contribution >= 4 is 28.7 Å². The monoisotopic (exact) mass is 333 g/mol. The van der Waals surface area contributed by atoms with E-state index in [1.807, 2.05) is 61.5 Å². The highest BCUT2D eigenvalue weighted by atomic mass is 16.5. The number of ether oxygens (including phenoxy) is 1. The zero-order valence-corrected chi connectivity index (χ0v) is 14.2. The minimum atomic E-state index is -0.856. The molecule has 0 bridgehead atoms. The fourth-order valence-electron chi connectivity index (χ4n) is 2.79. The lowest BCUT2D eigenvalue weighted by Crippen LogP contribution is -2.24. The van der Waals surface area contributed by atoms with Crippen molar-refractivity contribution in [3.63, 3.8) is 0 Å². The number of hydrogen-bond donors (Lipinski definition) is 1. The van der Waals surface area contributed by atoms with Gasteiger partial charge >= 0.3 is 5.97 Å². The molecule has 25 heavy (non-hydrogen) atoms. The average Bonchev–Trinajstić information content (AvgIpc) is 2.96. The number of fused-ring (bicyclic) bond motifs is 1. The number of carbonyl (C=O) groups excluding carboxylic acids is 2. The Bertz CT molecular complexity index is 938. The number of carbonyl (C=O) groups is 2. The Kier molecular flexibility index (Phi) is 4.80. The van der Waals surface area contributed by atoms with Gasteiger partial charge in [0.25, 0.3) is 0 Å². The largest absolute Gasteiger partial charge is 0.451 e. The molecular formula is C21H19NO3. The number of aromatic amines is 1. The number of ketones is 1. The maximum atomic E-state index is 12.7. The van der Waals surface area contributed by atoms with Crippen molar-refractivity contribution in [2.75, 3.05) is 0 Å². The van der Waals surface area contributed by atoms with E-state index in [0.29, 0.717) is 5.56 Å². The first-order valence-electron chi connectivity index (χ1n) is 8.11. The summed E-state index contributed by atoms with van der Waals surface area (Å²) in [5.41, 5.74) is 3.13. The van der Waals surface area contributed by atoms with E-state index in [1.165, 1.54) is 6.08 Å². The molecule has 0 radical (unpaired) electrons. The first-order valence-corrected chi connectivity index (χ1v) is 8.11. The highest BCUT2D eigenvalue weighted by Gasteiger charge is 2.23. The molecule has 4 heteroatoms. The van der Waals surface area contributed by atoms with Gasteiger partial charge in [-0.15, -0.1) is 0 Å². The van der Waals surface area contributed by atoms with Crippen molar-refractivity contribution < 1.29 is 14.3 Å². The molecule has 0 saturated heterocycles. The van der Waals surface area contributed by atoms with Crippen LogP contribution >= 0.6 is 0 Å². The second-order valence-corrected chi connectivity index (χ2v) is 5.86. The Hall–Kier alpha value is -3.14. The number of nitrogens with one attached hydrogen (secondary N) is 1. The molecule has 1 aromatic heterocycles. The lowest BCUT2D eigenvalue weighted by atomic mass is 10.0. The second kappa shape index (κ2) is 7.18. The number of hydrogen-bond acceptors (Lipinski definition) is 3. The summed E-state index contributed by atoms with van der Waals surface area (Å²) in [5.74, 6) is -0.751. The van der Waals surface area contributed by atoms with Gasteiger partial charge in [0.15, 0.2) is 6.10 Å². The summed E-state index contributed by atoms with van der Waals surface area (Å²) >= 11 is 0. The van der Waals surface area contributed by atoms with Gasteiger partial charge in [0.1, 0.15) is 0 Å². The third-order valence-electron chi connectivity index (χ3n) is 4.01. The van der Waals surface area contributed by atoms with Crippen molar-refractivity contribution in [1.29, 1.82) is 0 Å². The third kappa shape index (κ3) is 3.69. The van der Waals surface area contributed by atoms with Gasteiger partial charge in [-0.1, -0.05) is 48.5 Å². The Balaban J connectivity index is 1.73. The predicted molar refractivity (Wildman–Crippen MR) is 98.4 cm³/mol. The van der Waals surface area contributed by atoms with Gasteiger partial charge in [-0.25, -0.2) is 4.79 Å². The first-order chi connectivity index (χ1) is 12.1. The zero-order valence-electron chi connectivity index (χ0n) is 14.2. The predicted octanol–water partition coefficient (Wildman–Crippen LogP) is 4.30. The second-order valence-electron chi connectivity index (χ2n) is 5.86. The van der Waals surface area contributed by atoms with Crippen molar-refractivity contribution in [1.82, 2.24) is 4.98 Å². The lowest BCUT2D eigenvalue weighted by Gasteiger charge is -2.11. The Morgan fingerprint density at radius 1 is 1.04 bits per heavy atom. The molecule has 3 rings (SSSR count). The van der Waals surface area contributed by atoms with E-state index in [4.69, 9.17) is 4.74 Å². The average molecular weight is 333 g/mol. The smallest absolute Gasteiger partial charge is 0.331 e. The summed E-state index contributed by atoms with van der Waals surface area (Å²) in [4.78, 5) is 27.9. The quantitative estimate of drug-likeness (QED) is 0.430. The Morgan fingerprint density at radius 3 is 2.48 bits per heavy atom. The summed E-state index contributed by atoms with van der Waals surface area (Å²) in [6.45, 7) is 3.44. The van der Waals surface area contributed by atoms with E-state index < -0.39 is 12.1 Å².